The largest absolute Gasteiger partial charge is 0.496 e. The van der Waals surface area contributed by atoms with Crippen molar-refractivity contribution in [2.45, 2.75) is 19.4 Å². The summed E-state index contributed by atoms with van der Waals surface area (Å²) < 4.78 is 5.25. The minimum atomic E-state index is -0.903. The molecule has 0 spiro atoms. The van der Waals surface area contributed by atoms with Crippen LogP contribution in [0.15, 0.2) is 18.2 Å². The number of aliphatic carboxylic acids is 1. The number of hydrogen-bond acceptors (Lipinski definition) is 4. The van der Waals surface area contributed by atoms with Crippen LogP contribution in [0.4, 0.5) is 0 Å². The number of H-pyrrole nitrogens is 1. The third-order valence-corrected chi connectivity index (χ3v) is 3.72. The lowest BCUT2D eigenvalue weighted by Crippen LogP contribution is -2.35. The van der Waals surface area contributed by atoms with Crippen molar-refractivity contribution in [2.75, 3.05) is 13.7 Å². The fourth-order valence-corrected chi connectivity index (χ4v) is 2.66. The predicted octanol–water partition coefficient (Wildman–Crippen LogP) is 1.67. The molecule has 1 atom stereocenters. The standard InChI is InChI=1S/C15H17N3O3/c1-8-7-9(3-4-11(8)21-2)14-17-10-5-6-16-13(15(19)20)12(10)18-14/h3-4,7,13,16H,5-6H2,1-2H3,(H,17,18)(H,19,20). The molecule has 0 radical (unpaired) electrons. The highest BCUT2D eigenvalue weighted by Crippen LogP contribution is 2.28. The lowest BCUT2D eigenvalue weighted by molar-refractivity contribution is -0.139. The predicted molar refractivity (Wildman–Crippen MR) is 77.4 cm³/mol. The van der Waals surface area contributed by atoms with Gasteiger partial charge in [0, 0.05) is 24.2 Å². The number of carboxylic acids is 1. The second kappa shape index (κ2) is 5.21. The van der Waals surface area contributed by atoms with Gasteiger partial charge in [-0.2, -0.15) is 0 Å². The number of rotatable bonds is 3. The summed E-state index contributed by atoms with van der Waals surface area (Å²) >= 11 is 0. The number of benzene rings is 1. The van der Waals surface area contributed by atoms with Crippen molar-refractivity contribution >= 4 is 5.97 Å². The smallest absolute Gasteiger partial charge is 0.327 e. The zero-order valence-electron chi connectivity index (χ0n) is 11.9. The molecule has 0 fully saturated rings. The summed E-state index contributed by atoms with van der Waals surface area (Å²) in [6.07, 6.45) is 0.751. The molecule has 2 heterocycles. The van der Waals surface area contributed by atoms with Crippen LogP contribution in [0.1, 0.15) is 23.0 Å². The number of nitrogens with zero attached hydrogens (tertiary/aromatic N) is 1. The van der Waals surface area contributed by atoms with Gasteiger partial charge in [0.05, 0.1) is 12.8 Å². The summed E-state index contributed by atoms with van der Waals surface area (Å²) in [5, 5.41) is 12.2. The van der Waals surface area contributed by atoms with E-state index in [1.54, 1.807) is 7.11 Å². The molecule has 1 aliphatic rings. The Labute approximate surface area is 122 Å². The summed E-state index contributed by atoms with van der Waals surface area (Å²) in [6.45, 7) is 2.60. The molecule has 6 heteroatoms. The Hall–Kier alpha value is -2.34. The fourth-order valence-electron chi connectivity index (χ4n) is 2.66. The van der Waals surface area contributed by atoms with Crippen molar-refractivity contribution in [3.05, 3.63) is 35.2 Å². The molecule has 0 aliphatic carbocycles. The first-order valence-electron chi connectivity index (χ1n) is 6.80. The summed E-state index contributed by atoms with van der Waals surface area (Å²) in [4.78, 5) is 19.0. The zero-order valence-corrected chi connectivity index (χ0v) is 11.9. The molecule has 110 valence electrons. The first kappa shape index (κ1) is 13.6. The number of aromatic nitrogens is 2. The van der Waals surface area contributed by atoms with Crippen molar-refractivity contribution in [3.63, 3.8) is 0 Å². The molecule has 3 N–H and O–H groups in total. The number of aryl methyl sites for hydroxylation is 1. The van der Waals surface area contributed by atoms with E-state index in [-0.39, 0.29) is 0 Å². The highest BCUT2D eigenvalue weighted by atomic mass is 16.5. The molecule has 6 nitrogen and oxygen atoms in total. The highest BCUT2D eigenvalue weighted by Gasteiger charge is 2.29. The molecule has 1 aromatic heterocycles. The third-order valence-electron chi connectivity index (χ3n) is 3.72. The first-order chi connectivity index (χ1) is 10.1. The van der Waals surface area contributed by atoms with E-state index < -0.39 is 12.0 Å². The van der Waals surface area contributed by atoms with Crippen molar-refractivity contribution in [3.8, 4) is 17.1 Å². The lowest BCUT2D eigenvalue weighted by Gasteiger charge is -2.18. The van der Waals surface area contributed by atoms with Crippen LogP contribution in [-0.2, 0) is 11.2 Å². The van der Waals surface area contributed by atoms with Crippen molar-refractivity contribution in [2.24, 2.45) is 0 Å². The van der Waals surface area contributed by atoms with Crippen LogP contribution in [0.5, 0.6) is 5.75 Å². The van der Waals surface area contributed by atoms with Gasteiger partial charge in [-0.3, -0.25) is 10.1 Å². The SMILES string of the molecule is COc1ccc(-c2nc3c([nH]2)CCNC3C(=O)O)cc1C. The van der Waals surface area contributed by atoms with E-state index in [1.807, 2.05) is 25.1 Å². The molecule has 1 aliphatic heterocycles. The van der Waals surface area contributed by atoms with Crippen LogP contribution in [0.3, 0.4) is 0 Å². The number of fused-ring (bicyclic) bond motifs is 1. The number of ether oxygens (including phenoxy) is 1. The van der Waals surface area contributed by atoms with E-state index >= 15 is 0 Å². The van der Waals surface area contributed by atoms with E-state index in [1.165, 1.54) is 0 Å². The van der Waals surface area contributed by atoms with E-state index in [0.29, 0.717) is 18.1 Å². The minimum absolute atomic E-state index is 0.581. The number of nitrogens with one attached hydrogen (secondary N) is 2. The maximum Gasteiger partial charge on any atom is 0.327 e. The van der Waals surface area contributed by atoms with Crippen LogP contribution < -0.4 is 10.1 Å². The van der Waals surface area contributed by atoms with Gasteiger partial charge in [-0.1, -0.05) is 0 Å². The van der Waals surface area contributed by atoms with Gasteiger partial charge in [-0.05, 0) is 30.7 Å². The molecule has 0 saturated carbocycles. The Morgan fingerprint density at radius 3 is 2.95 bits per heavy atom. The lowest BCUT2D eigenvalue weighted by atomic mass is 10.1. The van der Waals surface area contributed by atoms with Crippen LogP contribution in [0.25, 0.3) is 11.4 Å². The Kier molecular flexibility index (Phi) is 3.39. The topological polar surface area (TPSA) is 87.2 Å². The van der Waals surface area contributed by atoms with Gasteiger partial charge in [0.15, 0.2) is 6.04 Å². The average Bonchev–Trinajstić information content (AvgIpc) is 2.90. The summed E-state index contributed by atoms with van der Waals surface area (Å²) in [6, 6.07) is 5.04. The number of aromatic amines is 1. The van der Waals surface area contributed by atoms with Gasteiger partial charge in [0.25, 0.3) is 0 Å². The number of carboxylic acid groups (broad SMARTS) is 1. The minimum Gasteiger partial charge on any atom is -0.496 e. The molecule has 3 rings (SSSR count). The van der Waals surface area contributed by atoms with Crippen LogP contribution in [0, 0.1) is 6.92 Å². The third kappa shape index (κ3) is 2.38. The molecule has 21 heavy (non-hydrogen) atoms. The van der Waals surface area contributed by atoms with Gasteiger partial charge in [-0.15, -0.1) is 0 Å². The Balaban J connectivity index is 2.01. The van der Waals surface area contributed by atoms with Crippen molar-refractivity contribution in [1.29, 1.82) is 0 Å². The maximum atomic E-state index is 11.3. The van der Waals surface area contributed by atoms with E-state index in [0.717, 1.165) is 29.0 Å². The van der Waals surface area contributed by atoms with Crippen LogP contribution in [-0.4, -0.2) is 34.7 Å². The number of carbonyl (C=O) groups is 1. The highest BCUT2D eigenvalue weighted by molar-refractivity contribution is 5.76. The fraction of sp³-hybridized carbons (Fsp3) is 0.333. The number of methoxy groups -OCH3 is 1. The number of hydrogen-bond donors (Lipinski definition) is 3. The van der Waals surface area contributed by atoms with Gasteiger partial charge in [-0.25, -0.2) is 4.98 Å². The van der Waals surface area contributed by atoms with Gasteiger partial charge in [0.2, 0.25) is 0 Å². The van der Waals surface area contributed by atoms with Crippen molar-refractivity contribution < 1.29 is 14.6 Å². The van der Waals surface area contributed by atoms with E-state index in [9.17, 15) is 9.90 Å². The molecule has 1 aromatic carbocycles. The van der Waals surface area contributed by atoms with E-state index in [2.05, 4.69) is 15.3 Å². The van der Waals surface area contributed by atoms with Crippen molar-refractivity contribution in [1.82, 2.24) is 15.3 Å². The molecule has 0 saturated heterocycles. The molecule has 0 bridgehead atoms. The molecule has 2 aromatic rings. The second-order valence-electron chi connectivity index (χ2n) is 5.11. The molecular formula is C15H17N3O3. The summed E-state index contributed by atoms with van der Waals surface area (Å²) in [5.41, 5.74) is 3.41. The molecular weight excluding hydrogens is 270 g/mol. The summed E-state index contributed by atoms with van der Waals surface area (Å²) in [7, 11) is 1.64. The molecule has 1 unspecified atom stereocenters. The zero-order chi connectivity index (χ0) is 15.0. The normalized spacial score (nSPS) is 17.3. The van der Waals surface area contributed by atoms with E-state index in [4.69, 9.17) is 4.74 Å². The number of imidazole rings is 1. The van der Waals surface area contributed by atoms with Crippen LogP contribution in [0.2, 0.25) is 0 Å². The quantitative estimate of drug-likeness (QED) is 0.799. The molecule has 0 amide bonds. The Bertz CT molecular complexity index is 693. The maximum absolute atomic E-state index is 11.3. The Morgan fingerprint density at radius 2 is 2.29 bits per heavy atom. The second-order valence-corrected chi connectivity index (χ2v) is 5.11. The average molecular weight is 287 g/mol. The first-order valence-corrected chi connectivity index (χ1v) is 6.80. The van der Waals surface area contributed by atoms with Gasteiger partial charge >= 0.3 is 5.97 Å². The monoisotopic (exact) mass is 287 g/mol. The Morgan fingerprint density at radius 1 is 1.48 bits per heavy atom. The summed E-state index contributed by atoms with van der Waals surface area (Å²) in [5.74, 6) is 0.612. The van der Waals surface area contributed by atoms with Gasteiger partial charge < -0.3 is 14.8 Å². The van der Waals surface area contributed by atoms with Gasteiger partial charge in [0.1, 0.15) is 11.6 Å². The van der Waals surface area contributed by atoms with Crippen LogP contribution >= 0.6 is 0 Å².